The minimum Gasteiger partial charge on any atom is -0.411 e. The molecule has 2 heterocycles. The van der Waals surface area contributed by atoms with E-state index in [0.29, 0.717) is 24.1 Å². The number of hydrogen-bond donors (Lipinski definition) is 1. The zero-order valence-electron chi connectivity index (χ0n) is 14.0. The van der Waals surface area contributed by atoms with Gasteiger partial charge < -0.3 is 15.1 Å². The van der Waals surface area contributed by atoms with Crippen molar-refractivity contribution >= 4 is 23.6 Å². The average Bonchev–Trinajstić information content (AvgIpc) is 3.08. The van der Waals surface area contributed by atoms with Gasteiger partial charge >= 0.3 is 0 Å². The first-order chi connectivity index (χ1) is 12.0. The Morgan fingerprint density at radius 1 is 1.36 bits per heavy atom. The van der Waals surface area contributed by atoms with Gasteiger partial charge in [0.05, 0.1) is 5.75 Å². The Balaban J connectivity index is 1.62. The molecule has 0 aliphatic carbocycles. The van der Waals surface area contributed by atoms with E-state index >= 15 is 0 Å². The molecule has 0 saturated carbocycles. The number of primary amides is 1. The van der Waals surface area contributed by atoms with Crippen molar-refractivity contribution in [3.8, 4) is 11.5 Å². The van der Waals surface area contributed by atoms with E-state index in [2.05, 4.69) is 10.2 Å². The summed E-state index contributed by atoms with van der Waals surface area (Å²) in [6.45, 7) is 2.55. The third kappa shape index (κ3) is 4.19. The first-order valence-electron chi connectivity index (χ1n) is 8.17. The summed E-state index contributed by atoms with van der Waals surface area (Å²) in [7, 11) is 0. The molecule has 1 atom stereocenters. The Kier molecular flexibility index (Phi) is 5.37. The quantitative estimate of drug-likeness (QED) is 0.818. The number of amides is 2. The van der Waals surface area contributed by atoms with Crippen LogP contribution in [0.3, 0.4) is 0 Å². The lowest BCUT2D eigenvalue weighted by Gasteiger charge is -2.33. The summed E-state index contributed by atoms with van der Waals surface area (Å²) in [6.07, 6.45) is 2.43. The second-order valence-corrected chi connectivity index (χ2v) is 6.96. The van der Waals surface area contributed by atoms with Crippen molar-refractivity contribution in [2.75, 3.05) is 12.3 Å². The van der Waals surface area contributed by atoms with Crippen molar-refractivity contribution in [2.45, 2.75) is 37.5 Å². The van der Waals surface area contributed by atoms with Gasteiger partial charge in [0.1, 0.15) is 6.04 Å². The molecule has 1 saturated heterocycles. The van der Waals surface area contributed by atoms with E-state index in [9.17, 15) is 9.59 Å². The smallest absolute Gasteiger partial charge is 0.277 e. The van der Waals surface area contributed by atoms with Gasteiger partial charge in [0, 0.05) is 12.1 Å². The van der Waals surface area contributed by atoms with Crippen LogP contribution in [0.2, 0.25) is 0 Å². The number of thioether (sulfide) groups is 1. The summed E-state index contributed by atoms with van der Waals surface area (Å²) in [6, 6.07) is 7.25. The molecule has 1 aromatic heterocycles. The van der Waals surface area contributed by atoms with Gasteiger partial charge in [-0.15, -0.1) is 10.2 Å². The van der Waals surface area contributed by atoms with Crippen LogP contribution < -0.4 is 5.73 Å². The number of nitrogens with two attached hydrogens (primary N) is 1. The number of nitrogens with zero attached hydrogens (tertiary/aromatic N) is 3. The number of carbonyl (C=O) groups is 2. The molecule has 2 N–H and O–H groups in total. The average molecular weight is 360 g/mol. The molecular weight excluding hydrogens is 340 g/mol. The fraction of sp³-hybridized carbons (Fsp3) is 0.412. The number of carbonyl (C=O) groups excluding carboxylic acids is 2. The van der Waals surface area contributed by atoms with Gasteiger partial charge in [0.15, 0.2) is 0 Å². The highest BCUT2D eigenvalue weighted by molar-refractivity contribution is 7.99. The zero-order valence-corrected chi connectivity index (χ0v) is 14.8. The summed E-state index contributed by atoms with van der Waals surface area (Å²) >= 11 is 1.17. The van der Waals surface area contributed by atoms with Crippen molar-refractivity contribution in [3.05, 3.63) is 29.8 Å². The van der Waals surface area contributed by atoms with E-state index in [-0.39, 0.29) is 11.7 Å². The van der Waals surface area contributed by atoms with E-state index in [0.717, 1.165) is 24.0 Å². The molecule has 1 fully saturated rings. The number of rotatable bonds is 5. The maximum absolute atomic E-state index is 12.4. The van der Waals surface area contributed by atoms with Gasteiger partial charge in [-0.2, -0.15) is 0 Å². The molecule has 1 aromatic carbocycles. The van der Waals surface area contributed by atoms with Gasteiger partial charge in [-0.1, -0.05) is 29.5 Å². The Morgan fingerprint density at radius 2 is 2.20 bits per heavy atom. The van der Waals surface area contributed by atoms with Crippen LogP contribution in [0.25, 0.3) is 11.5 Å². The molecule has 3 rings (SSSR count). The monoisotopic (exact) mass is 360 g/mol. The van der Waals surface area contributed by atoms with E-state index in [4.69, 9.17) is 10.2 Å². The van der Waals surface area contributed by atoms with Crippen molar-refractivity contribution in [2.24, 2.45) is 5.73 Å². The first kappa shape index (κ1) is 17.5. The van der Waals surface area contributed by atoms with Crippen LogP contribution in [0.4, 0.5) is 0 Å². The third-order valence-electron chi connectivity index (χ3n) is 4.14. The molecule has 2 aromatic rings. The number of likely N-dealkylation sites (tertiary alicyclic amines) is 1. The molecule has 1 aliphatic heterocycles. The lowest BCUT2D eigenvalue weighted by Crippen LogP contribution is -2.51. The molecule has 0 spiro atoms. The van der Waals surface area contributed by atoms with Gasteiger partial charge in [-0.3, -0.25) is 9.59 Å². The summed E-state index contributed by atoms with van der Waals surface area (Å²) in [5.74, 6) is -0.0211. The lowest BCUT2D eigenvalue weighted by atomic mass is 10.0. The second kappa shape index (κ2) is 7.69. The maximum Gasteiger partial charge on any atom is 0.277 e. The molecule has 132 valence electrons. The molecule has 2 amide bonds. The van der Waals surface area contributed by atoms with E-state index < -0.39 is 11.9 Å². The van der Waals surface area contributed by atoms with Gasteiger partial charge in [0.25, 0.3) is 5.22 Å². The van der Waals surface area contributed by atoms with Crippen molar-refractivity contribution in [1.29, 1.82) is 0 Å². The van der Waals surface area contributed by atoms with Gasteiger partial charge in [0.2, 0.25) is 17.7 Å². The summed E-state index contributed by atoms with van der Waals surface area (Å²) in [5, 5.41) is 8.33. The predicted octanol–water partition coefficient (Wildman–Crippen LogP) is 2.00. The topological polar surface area (TPSA) is 102 Å². The van der Waals surface area contributed by atoms with E-state index in [1.807, 2.05) is 31.2 Å². The Bertz CT molecular complexity index is 777. The highest BCUT2D eigenvalue weighted by Crippen LogP contribution is 2.25. The molecule has 0 bridgehead atoms. The van der Waals surface area contributed by atoms with Crippen molar-refractivity contribution in [1.82, 2.24) is 15.1 Å². The van der Waals surface area contributed by atoms with Crippen LogP contribution in [0, 0.1) is 6.92 Å². The van der Waals surface area contributed by atoms with Crippen LogP contribution in [0.5, 0.6) is 0 Å². The minimum atomic E-state index is -0.507. The van der Waals surface area contributed by atoms with Crippen LogP contribution >= 0.6 is 11.8 Å². The van der Waals surface area contributed by atoms with Gasteiger partial charge in [-0.05, 0) is 38.3 Å². The van der Waals surface area contributed by atoms with E-state index in [1.54, 1.807) is 4.90 Å². The summed E-state index contributed by atoms with van der Waals surface area (Å²) < 4.78 is 5.62. The van der Waals surface area contributed by atoms with Crippen LogP contribution in [-0.4, -0.2) is 45.3 Å². The standard InChI is InChI=1S/C17H20N4O3S/c1-11-5-4-6-12(9-11)16-19-20-17(24-16)25-10-14(22)21-8-3-2-7-13(21)15(18)23/h4-6,9,13H,2-3,7-8,10H2,1H3,(H2,18,23)/t13-/m1/s1. The summed E-state index contributed by atoms with van der Waals surface area (Å²) in [4.78, 5) is 25.5. The molecule has 0 unspecified atom stereocenters. The van der Waals surface area contributed by atoms with Gasteiger partial charge in [-0.25, -0.2) is 0 Å². The predicted molar refractivity (Wildman–Crippen MR) is 93.7 cm³/mol. The molecule has 7 nitrogen and oxygen atoms in total. The first-order valence-corrected chi connectivity index (χ1v) is 9.15. The number of benzene rings is 1. The maximum atomic E-state index is 12.4. The fourth-order valence-electron chi connectivity index (χ4n) is 2.90. The normalized spacial score (nSPS) is 17.5. The highest BCUT2D eigenvalue weighted by Gasteiger charge is 2.30. The van der Waals surface area contributed by atoms with Crippen molar-refractivity contribution < 1.29 is 14.0 Å². The SMILES string of the molecule is Cc1cccc(-c2nnc(SCC(=O)N3CCCC[C@@H]3C(N)=O)o2)c1. The molecule has 1 aliphatic rings. The molecule has 25 heavy (non-hydrogen) atoms. The fourth-order valence-corrected chi connectivity index (χ4v) is 3.54. The highest BCUT2D eigenvalue weighted by atomic mass is 32.2. The van der Waals surface area contributed by atoms with Crippen LogP contribution in [-0.2, 0) is 9.59 Å². The molecule has 8 heteroatoms. The summed E-state index contributed by atoms with van der Waals surface area (Å²) in [5.41, 5.74) is 7.34. The Morgan fingerprint density at radius 3 is 2.96 bits per heavy atom. The second-order valence-electron chi connectivity index (χ2n) is 6.03. The van der Waals surface area contributed by atoms with Crippen LogP contribution in [0.15, 0.2) is 33.9 Å². The Labute approximate surface area is 150 Å². The zero-order chi connectivity index (χ0) is 17.8. The number of hydrogen-bond acceptors (Lipinski definition) is 6. The number of aromatic nitrogens is 2. The number of aryl methyl sites for hydroxylation is 1. The Hall–Kier alpha value is -2.35. The molecule has 0 radical (unpaired) electrons. The van der Waals surface area contributed by atoms with Crippen molar-refractivity contribution in [3.63, 3.8) is 0 Å². The number of piperidine rings is 1. The lowest BCUT2D eigenvalue weighted by molar-refractivity contribution is -0.138. The van der Waals surface area contributed by atoms with E-state index in [1.165, 1.54) is 11.8 Å². The minimum absolute atomic E-state index is 0.135. The molecular formula is C17H20N4O3S. The largest absolute Gasteiger partial charge is 0.411 e. The van der Waals surface area contributed by atoms with Crippen LogP contribution in [0.1, 0.15) is 24.8 Å². The third-order valence-corrected chi connectivity index (χ3v) is 4.95.